The maximum atomic E-state index is 12.5. The van der Waals surface area contributed by atoms with Crippen molar-refractivity contribution in [1.29, 1.82) is 0 Å². The number of benzene rings is 1. The number of methoxy groups -OCH3 is 1. The van der Waals surface area contributed by atoms with Gasteiger partial charge in [0.05, 0.1) is 30.8 Å². The summed E-state index contributed by atoms with van der Waals surface area (Å²) in [5.74, 6) is 0.695. The third kappa shape index (κ3) is 4.23. The van der Waals surface area contributed by atoms with Crippen LogP contribution in [0.4, 0.5) is 0 Å². The fourth-order valence-electron chi connectivity index (χ4n) is 3.57. The number of likely N-dealkylation sites (tertiary alicyclic amines) is 1. The topological polar surface area (TPSA) is 86.0 Å². The van der Waals surface area contributed by atoms with Gasteiger partial charge in [-0.25, -0.2) is 9.97 Å². The summed E-state index contributed by atoms with van der Waals surface area (Å²) >= 11 is 0. The second-order valence-electron chi connectivity index (χ2n) is 7.26. The van der Waals surface area contributed by atoms with E-state index in [1.807, 2.05) is 31.4 Å². The minimum Gasteiger partial charge on any atom is -0.381 e. The maximum Gasteiger partial charge on any atom is 0.154 e. The highest BCUT2D eigenvalue weighted by molar-refractivity contribution is 5.85. The van der Waals surface area contributed by atoms with Gasteiger partial charge in [0, 0.05) is 44.4 Å². The summed E-state index contributed by atoms with van der Waals surface area (Å²) < 4.78 is 7.05. The fourth-order valence-corrected chi connectivity index (χ4v) is 3.57. The normalized spacial score (nSPS) is 15.9. The number of Topliss-reactive ketones (excluding diaryl/α,β-unsaturated/α-hetero) is 1. The SMILES string of the molecule is COC1CCN(CC(=O)Cc2ncc3ccc(-c4cn(C)nn4)cc3n2)CC1. The first-order valence-corrected chi connectivity index (χ1v) is 9.50. The minimum absolute atomic E-state index is 0.139. The van der Waals surface area contributed by atoms with Crippen LogP contribution in [-0.4, -0.2) is 68.5 Å². The Morgan fingerprint density at radius 2 is 2.11 bits per heavy atom. The van der Waals surface area contributed by atoms with Crippen LogP contribution in [0.3, 0.4) is 0 Å². The molecule has 0 saturated carbocycles. The van der Waals surface area contributed by atoms with E-state index in [-0.39, 0.29) is 12.2 Å². The zero-order valence-corrected chi connectivity index (χ0v) is 16.2. The Morgan fingerprint density at radius 3 is 2.82 bits per heavy atom. The van der Waals surface area contributed by atoms with E-state index < -0.39 is 0 Å². The standard InChI is InChI=1S/C20H24N6O2/c1-25-13-19(23-24-25)14-3-4-15-11-21-20(22-18(15)9-14)10-16(27)12-26-7-5-17(28-2)6-8-26/h3-4,9,11,13,17H,5-8,10,12H2,1-2H3. The Bertz CT molecular complexity index is 978. The lowest BCUT2D eigenvalue weighted by atomic mass is 10.1. The second-order valence-corrected chi connectivity index (χ2v) is 7.26. The number of hydrogen-bond acceptors (Lipinski definition) is 7. The molecule has 0 spiro atoms. The molecule has 2 aromatic heterocycles. The number of carbonyl (C=O) groups is 1. The van der Waals surface area contributed by atoms with Gasteiger partial charge in [0.2, 0.25) is 0 Å². The summed E-state index contributed by atoms with van der Waals surface area (Å²) in [5.41, 5.74) is 2.54. The molecule has 0 radical (unpaired) electrons. The molecular weight excluding hydrogens is 356 g/mol. The van der Waals surface area contributed by atoms with Crippen LogP contribution in [0.2, 0.25) is 0 Å². The second kappa shape index (κ2) is 8.12. The van der Waals surface area contributed by atoms with Crippen molar-refractivity contribution in [3.63, 3.8) is 0 Å². The number of rotatable bonds is 6. The predicted molar refractivity (Wildman–Crippen MR) is 105 cm³/mol. The van der Waals surface area contributed by atoms with E-state index >= 15 is 0 Å². The van der Waals surface area contributed by atoms with Crippen molar-refractivity contribution in [1.82, 2.24) is 29.9 Å². The van der Waals surface area contributed by atoms with E-state index in [0.29, 0.717) is 18.5 Å². The molecule has 0 N–H and O–H groups in total. The van der Waals surface area contributed by atoms with Gasteiger partial charge in [0.15, 0.2) is 5.78 Å². The van der Waals surface area contributed by atoms with Gasteiger partial charge < -0.3 is 4.74 Å². The number of ketones is 1. The highest BCUT2D eigenvalue weighted by Crippen LogP contribution is 2.21. The fraction of sp³-hybridized carbons (Fsp3) is 0.450. The zero-order chi connectivity index (χ0) is 19.5. The molecule has 1 aliphatic heterocycles. The predicted octanol–water partition coefficient (Wildman–Crippen LogP) is 1.65. The van der Waals surface area contributed by atoms with E-state index in [1.54, 1.807) is 18.0 Å². The third-order valence-corrected chi connectivity index (χ3v) is 5.15. The summed E-state index contributed by atoms with van der Waals surface area (Å²) in [5, 5.41) is 9.05. The summed E-state index contributed by atoms with van der Waals surface area (Å²) in [7, 11) is 3.58. The van der Waals surface area contributed by atoms with Crippen LogP contribution in [0.25, 0.3) is 22.2 Å². The molecule has 3 heterocycles. The van der Waals surface area contributed by atoms with Gasteiger partial charge in [0.25, 0.3) is 0 Å². The molecule has 1 aromatic carbocycles. The number of hydrogen-bond donors (Lipinski definition) is 0. The molecule has 3 aromatic rings. The van der Waals surface area contributed by atoms with Crippen molar-refractivity contribution in [3.8, 4) is 11.3 Å². The van der Waals surface area contributed by atoms with Crippen molar-refractivity contribution in [2.75, 3.05) is 26.7 Å². The molecule has 8 heteroatoms. The minimum atomic E-state index is 0.139. The van der Waals surface area contributed by atoms with Gasteiger partial charge in [-0.2, -0.15) is 0 Å². The lowest BCUT2D eigenvalue weighted by molar-refractivity contribution is -0.120. The van der Waals surface area contributed by atoms with Gasteiger partial charge in [-0.1, -0.05) is 17.3 Å². The summed E-state index contributed by atoms with van der Waals surface area (Å²) in [6.07, 6.45) is 6.14. The molecular formula is C20H24N6O2. The largest absolute Gasteiger partial charge is 0.381 e. The molecule has 1 saturated heterocycles. The van der Waals surface area contributed by atoms with Crippen LogP contribution in [0.5, 0.6) is 0 Å². The van der Waals surface area contributed by atoms with Crippen LogP contribution in [0.1, 0.15) is 18.7 Å². The first kappa shape index (κ1) is 18.6. The van der Waals surface area contributed by atoms with E-state index in [9.17, 15) is 4.79 Å². The van der Waals surface area contributed by atoms with Crippen molar-refractivity contribution in [2.45, 2.75) is 25.4 Å². The van der Waals surface area contributed by atoms with E-state index in [4.69, 9.17) is 4.74 Å². The molecule has 0 unspecified atom stereocenters. The van der Waals surface area contributed by atoms with Crippen LogP contribution in [-0.2, 0) is 23.0 Å². The zero-order valence-electron chi connectivity index (χ0n) is 16.2. The Balaban J connectivity index is 1.44. The van der Waals surface area contributed by atoms with E-state index in [1.165, 1.54) is 0 Å². The van der Waals surface area contributed by atoms with Gasteiger partial charge in [-0.05, 0) is 18.9 Å². The average Bonchev–Trinajstić information content (AvgIpc) is 3.14. The molecule has 146 valence electrons. The third-order valence-electron chi connectivity index (χ3n) is 5.15. The number of carbonyl (C=O) groups excluding carboxylic acids is 1. The molecule has 0 bridgehead atoms. The van der Waals surface area contributed by atoms with Gasteiger partial charge >= 0.3 is 0 Å². The van der Waals surface area contributed by atoms with Gasteiger partial charge in [-0.15, -0.1) is 5.10 Å². The quantitative estimate of drug-likeness (QED) is 0.643. The Morgan fingerprint density at radius 1 is 1.29 bits per heavy atom. The highest BCUT2D eigenvalue weighted by atomic mass is 16.5. The van der Waals surface area contributed by atoms with Gasteiger partial charge in [0.1, 0.15) is 11.5 Å². The van der Waals surface area contributed by atoms with Crippen molar-refractivity contribution in [3.05, 3.63) is 36.4 Å². The molecule has 28 heavy (non-hydrogen) atoms. The number of fused-ring (bicyclic) bond motifs is 1. The summed E-state index contributed by atoms with van der Waals surface area (Å²) in [6, 6.07) is 5.90. The van der Waals surface area contributed by atoms with Crippen molar-refractivity contribution in [2.24, 2.45) is 7.05 Å². The Kier molecular flexibility index (Phi) is 5.40. The Labute approximate surface area is 163 Å². The van der Waals surface area contributed by atoms with Crippen LogP contribution >= 0.6 is 0 Å². The first-order chi connectivity index (χ1) is 13.6. The molecule has 1 fully saturated rings. The number of aryl methyl sites for hydroxylation is 1. The van der Waals surface area contributed by atoms with Crippen LogP contribution in [0.15, 0.2) is 30.6 Å². The average molecular weight is 380 g/mol. The number of piperidine rings is 1. The molecule has 1 aliphatic rings. The van der Waals surface area contributed by atoms with Gasteiger partial charge in [-0.3, -0.25) is 14.4 Å². The molecule has 0 aliphatic carbocycles. The summed E-state index contributed by atoms with van der Waals surface area (Å²) in [6.45, 7) is 2.23. The monoisotopic (exact) mass is 380 g/mol. The highest BCUT2D eigenvalue weighted by Gasteiger charge is 2.20. The summed E-state index contributed by atoms with van der Waals surface area (Å²) in [4.78, 5) is 23.6. The van der Waals surface area contributed by atoms with Crippen LogP contribution < -0.4 is 0 Å². The lowest BCUT2D eigenvalue weighted by Crippen LogP contribution is -2.40. The number of ether oxygens (including phenoxy) is 1. The van der Waals surface area contributed by atoms with Crippen LogP contribution in [0, 0.1) is 0 Å². The van der Waals surface area contributed by atoms with Crippen molar-refractivity contribution >= 4 is 16.7 Å². The number of nitrogens with zero attached hydrogens (tertiary/aromatic N) is 6. The smallest absolute Gasteiger partial charge is 0.154 e. The molecule has 8 nitrogen and oxygen atoms in total. The molecule has 4 rings (SSSR count). The van der Waals surface area contributed by atoms with E-state index in [2.05, 4.69) is 25.2 Å². The van der Waals surface area contributed by atoms with E-state index in [0.717, 1.165) is 48.1 Å². The molecule has 0 amide bonds. The molecule has 0 atom stereocenters. The number of aromatic nitrogens is 5. The lowest BCUT2D eigenvalue weighted by Gasteiger charge is -2.30. The Hall–Kier alpha value is -2.71. The van der Waals surface area contributed by atoms with Crippen molar-refractivity contribution < 1.29 is 9.53 Å². The maximum absolute atomic E-state index is 12.5. The first-order valence-electron chi connectivity index (χ1n) is 9.50.